The molecule has 1 aromatic heterocycles. The van der Waals surface area contributed by atoms with E-state index in [1.54, 1.807) is 21.1 Å². The summed E-state index contributed by atoms with van der Waals surface area (Å²) in [5.41, 5.74) is 0.484. The van der Waals surface area contributed by atoms with Crippen LogP contribution in [0.15, 0.2) is 35.1 Å². The smallest absolute Gasteiger partial charge is 0.348 e. The SMILES string of the molecule is CC.COC.Cc1nc(-c2ccccc2)nc(=O)[nH]1. The van der Waals surface area contributed by atoms with Gasteiger partial charge in [0.25, 0.3) is 0 Å². The molecule has 1 aromatic carbocycles. The Morgan fingerprint density at radius 2 is 1.58 bits per heavy atom. The van der Waals surface area contributed by atoms with Crippen LogP contribution in [-0.2, 0) is 4.74 Å². The number of methoxy groups -OCH3 is 1. The first-order valence-electron chi connectivity index (χ1n) is 6.08. The van der Waals surface area contributed by atoms with Crippen LogP contribution in [0.5, 0.6) is 0 Å². The number of nitrogens with one attached hydrogen (secondary N) is 1. The van der Waals surface area contributed by atoms with Gasteiger partial charge in [0.05, 0.1) is 0 Å². The fourth-order valence-corrected chi connectivity index (χ4v) is 1.21. The minimum Gasteiger partial charge on any atom is -0.388 e. The van der Waals surface area contributed by atoms with Crippen molar-refractivity contribution in [2.24, 2.45) is 0 Å². The first-order chi connectivity index (χ1) is 9.17. The first kappa shape index (κ1) is 17.0. The lowest BCUT2D eigenvalue weighted by atomic mass is 10.2. The third-order valence-corrected chi connectivity index (χ3v) is 1.80. The molecular formula is C14H21N3O2. The van der Waals surface area contributed by atoms with Crippen molar-refractivity contribution < 1.29 is 4.74 Å². The highest BCUT2D eigenvalue weighted by molar-refractivity contribution is 5.53. The number of ether oxygens (including phenoxy) is 1. The molecule has 0 aliphatic carbocycles. The Bertz CT molecular complexity index is 510. The quantitative estimate of drug-likeness (QED) is 0.858. The highest BCUT2D eigenvalue weighted by Gasteiger charge is 2.01. The third-order valence-electron chi connectivity index (χ3n) is 1.80. The number of aromatic nitrogens is 3. The first-order valence-corrected chi connectivity index (χ1v) is 6.08. The minimum absolute atomic E-state index is 0.364. The number of benzene rings is 1. The van der Waals surface area contributed by atoms with Gasteiger partial charge in [-0.3, -0.25) is 4.98 Å². The summed E-state index contributed by atoms with van der Waals surface area (Å²) >= 11 is 0. The second kappa shape index (κ2) is 9.96. The lowest BCUT2D eigenvalue weighted by molar-refractivity contribution is 0.277. The van der Waals surface area contributed by atoms with Crippen molar-refractivity contribution in [3.8, 4) is 11.4 Å². The maximum atomic E-state index is 11.1. The zero-order valence-electron chi connectivity index (χ0n) is 12.1. The number of H-pyrrole nitrogens is 1. The van der Waals surface area contributed by atoms with E-state index in [1.165, 1.54) is 0 Å². The van der Waals surface area contributed by atoms with Gasteiger partial charge in [-0.1, -0.05) is 44.2 Å². The van der Waals surface area contributed by atoms with Crippen molar-refractivity contribution in [2.45, 2.75) is 20.8 Å². The predicted octanol–water partition coefficient (Wildman–Crippen LogP) is 2.43. The van der Waals surface area contributed by atoms with Crippen molar-refractivity contribution in [3.63, 3.8) is 0 Å². The zero-order valence-corrected chi connectivity index (χ0v) is 12.1. The van der Waals surface area contributed by atoms with Gasteiger partial charge in [0.1, 0.15) is 5.82 Å². The van der Waals surface area contributed by atoms with Gasteiger partial charge >= 0.3 is 5.69 Å². The predicted molar refractivity (Wildman–Crippen MR) is 77.1 cm³/mol. The molecule has 5 heteroatoms. The number of hydrogen-bond acceptors (Lipinski definition) is 4. The fourth-order valence-electron chi connectivity index (χ4n) is 1.21. The van der Waals surface area contributed by atoms with Crippen LogP contribution in [0.3, 0.4) is 0 Å². The fraction of sp³-hybridized carbons (Fsp3) is 0.357. The minimum atomic E-state index is -0.364. The summed E-state index contributed by atoms with van der Waals surface area (Å²) in [5, 5.41) is 0. The van der Waals surface area contributed by atoms with Crippen LogP contribution in [0.1, 0.15) is 19.7 Å². The van der Waals surface area contributed by atoms with E-state index in [2.05, 4.69) is 19.7 Å². The normalized spacial score (nSPS) is 8.68. The average molecular weight is 263 g/mol. The van der Waals surface area contributed by atoms with E-state index in [-0.39, 0.29) is 5.69 Å². The summed E-state index contributed by atoms with van der Waals surface area (Å²) < 4.78 is 4.25. The van der Waals surface area contributed by atoms with Gasteiger partial charge in [-0.15, -0.1) is 0 Å². The van der Waals surface area contributed by atoms with Gasteiger partial charge in [0.2, 0.25) is 0 Å². The number of hydrogen-bond donors (Lipinski definition) is 1. The summed E-state index contributed by atoms with van der Waals surface area (Å²) in [4.78, 5) is 21.5. The summed E-state index contributed by atoms with van der Waals surface area (Å²) in [7, 11) is 3.25. The Morgan fingerprint density at radius 1 is 1.05 bits per heavy atom. The molecule has 0 radical (unpaired) electrons. The van der Waals surface area contributed by atoms with Gasteiger partial charge in [0, 0.05) is 19.8 Å². The van der Waals surface area contributed by atoms with Gasteiger partial charge < -0.3 is 4.74 Å². The molecule has 1 N–H and O–H groups in total. The topological polar surface area (TPSA) is 67.9 Å². The lowest BCUT2D eigenvalue weighted by Gasteiger charge is -1.98. The standard InChI is InChI=1S/C10H9N3O.C2H6O.C2H6/c1-7-11-9(13-10(14)12-7)8-5-3-2-4-6-8;1-3-2;1-2/h2-6H,1H3,(H,11,12,13,14);1-2H3;1-2H3. The Morgan fingerprint density at radius 3 is 2.05 bits per heavy atom. The zero-order chi connectivity index (χ0) is 14.7. The summed E-state index contributed by atoms with van der Waals surface area (Å²) in [5.74, 6) is 1.04. The second-order valence-electron chi connectivity index (χ2n) is 3.34. The Hall–Kier alpha value is -2.01. The molecule has 5 nitrogen and oxygen atoms in total. The van der Waals surface area contributed by atoms with E-state index >= 15 is 0 Å². The molecule has 0 saturated heterocycles. The monoisotopic (exact) mass is 263 g/mol. The molecule has 2 rings (SSSR count). The van der Waals surface area contributed by atoms with Crippen LogP contribution >= 0.6 is 0 Å². The Labute approximate surface area is 113 Å². The van der Waals surface area contributed by atoms with Crippen molar-refractivity contribution in [2.75, 3.05) is 14.2 Å². The van der Waals surface area contributed by atoms with Gasteiger partial charge in [-0.05, 0) is 6.92 Å². The lowest BCUT2D eigenvalue weighted by Crippen LogP contribution is -2.14. The molecule has 0 atom stereocenters. The molecule has 104 valence electrons. The number of aromatic amines is 1. The number of nitrogens with zero attached hydrogens (tertiary/aromatic N) is 2. The van der Waals surface area contributed by atoms with Gasteiger partial charge in [0.15, 0.2) is 5.82 Å². The molecule has 0 amide bonds. The van der Waals surface area contributed by atoms with E-state index < -0.39 is 0 Å². The Balaban J connectivity index is 0.000000573. The molecular weight excluding hydrogens is 242 g/mol. The molecule has 0 bridgehead atoms. The van der Waals surface area contributed by atoms with E-state index in [0.29, 0.717) is 11.6 Å². The molecule has 0 fully saturated rings. The van der Waals surface area contributed by atoms with Crippen LogP contribution < -0.4 is 5.69 Å². The van der Waals surface area contributed by atoms with Crippen molar-refractivity contribution >= 4 is 0 Å². The van der Waals surface area contributed by atoms with Crippen molar-refractivity contribution in [3.05, 3.63) is 46.6 Å². The van der Waals surface area contributed by atoms with Crippen LogP contribution in [0, 0.1) is 6.92 Å². The summed E-state index contributed by atoms with van der Waals surface area (Å²) in [6, 6.07) is 9.41. The second-order valence-corrected chi connectivity index (χ2v) is 3.34. The molecule has 1 heterocycles. The van der Waals surface area contributed by atoms with Crippen LogP contribution in [0.2, 0.25) is 0 Å². The molecule has 0 unspecified atom stereocenters. The molecule has 2 aromatic rings. The molecule has 0 aliphatic rings. The van der Waals surface area contributed by atoms with E-state index in [0.717, 1.165) is 5.56 Å². The number of rotatable bonds is 1. The molecule has 0 spiro atoms. The molecule has 19 heavy (non-hydrogen) atoms. The number of aryl methyl sites for hydroxylation is 1. The van der Waals surface area contributed by atoms with Gasteiger partial charge in [-0.25, -0.2) is 9.78 Å². The van der Waals surface area contributed by atoms with E-state index in [4.69, 9.17) is 0 Å². The third kappa shape index (κ3) is 6.47. The highest BCUT2D eigenvalue weighted by Crippen LogP contribution is 2.11. The summed E-state index contributed by atoms with van der Waals surface area (Å²) in [6.45, 7) is 5.73. The van der Waals surface area contributed by atoms with Gasteiger partial charge in [-0.2, -0.15) is 4.98 Å². The van der Waals surface area contributed by atoms with E-state index in [1.807, 2.05) is 44.2 Å². The van der Waals surface area contributed by atoms with Crippen LogP contribution in [-0.4, -0.2) is 29.2 Å². The van der Waals surface area contributed by atoms with E-state index in [9.17, 15) is 4.79 Å². The average Bonchev–Trinajstić information content (AvgIpc) is 2.42. The van der Waals surface area contributed by atoms with Crippen molar-refractivity contribution in [1.82, 2.24) is 15.0 Å². The highest BCUT2D eigenvalue weighted by atomic mass is 16.4. The largest absolute Gasteiger partial charge is 0.388 e. The maximum absolute atomic E-state index is 11.1. The van der Waals surface area contributed by atoms with Crippen molar-refractivity contribution in [1.29, 1.82) is 0 Å². The Kier molecular flexibility index (Phi) is 8.91. The summed E-state index contributed by atoms with van der Waals surface area (Å²) in [6.07, 6.45) is 0. The molecule has 0 aliphatic heterocycles. The molecule has 0 saturated carbocycles. The maximum Gasteiger partial charge on any atom is 0.348 e. The van der Waals surface area contributed by atoms with Crippen LogP contribution in [0.4, 0.5) is 0 Å². The van der Waals surface area contributed by atoms with Crippen LogP contribution in [0.25, 0.3) is 11.4 Å².